The molecule has 0 aliphatic heterocycles. The van der Waals surface area contributed by atoms with E-state index >= 15 is 0 Å². The van der Waals surface area contributed by atoms with Crippen LogP contribution in [0.2, 0.25) is 0 Å². The van der Waals surface area contributed by atoms with Gasteiger partial charge in [-0.25, -0.2) is 4.98 Å². The zero-order valence-corrected chi connectivity index (χ0v) is 11.1. The van der Waals surface area contributed by atoms with Gasteiger partial charge in [0, 0.05) is 5.69 Å². The van der Waals surface area contributed by atoms with E-state index in [0.29, 0.717) is 28.8 Å². The van der Waals surface area contributed by atoms with E-state index in [9.17, 15) is 4.79 Å². The fourth-order valence-corrected chi connectivity index (χ4v) is 2.10. The van der Waals surface area contributed by atoms with E-state index in [-0.39, 0.29) is 5.56 Å². The van der Waals surface area contributed by atoms with Crippen molar-refractivity contribution < 1.29 is 0 Å². The van der Waals surface area contributed by atoms with Gasteiger partial charge in [0.05, 0.1) is 29.1 Å². The summed E-state index contributed by atoms with van der Waals surface area (Å²) in [5, 5.41) is 12.6. The van der Waals surface area contributed by atoms with Crippen LogP contribution in [0.25, 0.3) is 10.9 Å². The topological polar surface area (TPSA) is 81.6 Å². The van der Waals surface area contributed by atoms with Crippen LogP contribution in [0.15, 0.2) is 53.3 Å². The lowest BCUT2D eigenvalue weighted by atomic mass is 10.2. The van der Waals surface area contributed by atoms with Gasteiger partial charge >= 0.3 is 0 Å². The highest BCUT2D eigenvalue weighted by Gasteiger charge is 2.03. The van der Waals surface area contributed by atoms with Gasteiger partial charge in [0.2, 0.25) is 0 Å². The maximum absolute atomic E-state index is 11.9. The van der Waals surface area contributed by atoms with Crippen LogP contribution in [0.5, 0.6) is 0 Å². The molecule has 0 saturated heterocycles. The first kappa shape index (κ1) is 12.9. The van der Waals surface area contributed by atoms with Gasteiger partial charge in [-0.2, -0.15) is 5.26 Å². The van der Waals surface area contributed by atoms with E-state index in [1.807, 2.05) is 24.3 Å². The number of hydrogen-bond acceptors (Lipinski definition) is 4. The fourth-order valence-electron chi connectivity index (χ4n) is 2.10. The fraction of sp³-hybridized carbons (Fsp3) is 0.0625. The van der Waals surface area contributed by atoms with Gasteiger partial charge in [-0.1, -0.05) is 18.2 Å². The zero-order valence-electron chi connectivity index (χ0n) is 11.1. The molecule has 0 spiro atoms. The van der Waals surface area contributed by atoms with Crippen LogP contribution in [0.3, 0.4) is 0 Å². The number of aromatic nitrogens is 2. The van der Waals surface area contributed by atoms with Crippen LogP contribution in [0.1, 0.15) is 11.4 Å². The van der Waals surface area contributed by atoms with Crippen molar-refractivity contribution in [3.8, 4) is 6.07 Å². The summed E-state index contributed by atoms with van der Waals surface area (Å²) in [5.74, 6) is 0.557. The molecule has 0 fully saturated rings. The number of H-pyrrole nitrogens is 1. The molecule has 2 N–H and O–H groups in total. The lowest BCUT2D eigenvalue weighted by molar-refractivity contribution is 0.953. The minimum atomic E-state index is -0.150. The summed E-state index contributed by atoms with van der Waals surface area (Å²) in [7, 11) is 0. The molecule has 0 aliphatic carbocycles. The summed E-state index contributed by atoms with van der Waals surface area (Å²) in [6, 6.07) is 16.5. The standard InChI is InChI=1S/C16H12N4O/c17-9-11-4-3-5-12(8-11)18-10-15-19-14-7-2-1-6-13(14)16(21)20-15/h1-8,18H,10H2,(H,19,20,21). The lowest BCUT2D eigenvalue weighted by Crippen LogP contribution is -2.14. The largest absolute Gasteiger partial charge is 0.378 e. The van der Waals surface area contributed by atoms with Crippen LogP contribution in [0.4, 0.5) is 5.69 Å². The van der Waals surface area contributed by atoms with Crippen LogP contribution in [0, 0.1) is 11.3 Å². The molecule has 5 nitrogen and oxygen atoms in total. The molecule has 0 aliphatic rings. The number of nitrogens with one attached hydrogen (secondary N) is 2. The molecule has 3 aromatic rings. The summed E-state index contributed by atoms with van der Waals surface area (Å²) < 4.78 is 0. The Morgan fingerprint density at radius 1 is 1.19 bits per heavy atom. The molecule has 1 heterocycles. The molecule has 0 atom stereocenters. The van der Waals surface area contributed by atoms with Crippen molar-refractivity contribution in [3.05, 3.63) is 70.3 Å². The van der Waals surface area contributed by atoms with E-state index in [1.165, 1.54) is 0 Å². The number of nitriles is 1. The van der Waals surface area contributed by atoms with Gasteiger partial charge in [0.15, 0.2) is 0 Å². The second kappa shape index (κ2) is 5.47. The first-order chi connectivity index (χ1) is 10.3. The van der Waals surface area contributed by atoms with Crippen molar-refractivity contribution >= 4 is 16.6 Å². The van der Waals surface area contributed by atoms with Crippen molar-refractivity contribution in [2.75, 3.05) is 5.32 Å². The minimum Gasteiger partial charge on any atom is -0.378 e. The summed E-state index contributed by atoms with van der Waals surface area (Å²) in [5.41, 5.74) is 1.91. The lowest BCUT2D eigenvalue weighted by Gasteiger charge is -2.07. The Balaban J connectivity index is 1.85. The number of fused-ring (bicyclic) bond motifs is 1. The Bertz CT molecular complexity index is 892. The molecular formula is C16H12N4O. The van der Waals surface area contributed by atoms with E-state index < -0.39 is 0 Å². The highest BCUT2D eigenvalue weighted by Crippen LogP contribution is 2.11. The third-order valence-corrected chi connectivity index (χ3v) is 3.11. The van der Waals surface area contributed by atoms with Gasteiger partial charge in [-0.05, 0) is 30.3 Å². The molecule has 1 aromatic heterocycles. The van der Waals surface area contributed by atoms with E-state index in [0.717, 1.165) is 5.69 Å². The third kappa shape index (κ3) is 2.74. The smallest absolute Gasteiger partial charge is 0.258 e. The second-order valence-electron chi connectivity index (χ2n) is 4.58. The summed E-state index contributed by atoms with van der Waals surface area (Å²) >= 11 is 0. The maximum atomic E-state index is 11.9. The molecular weight excluding hydrogens is 264 g/mol. The van der Waals surface area contributed by atoms with Gasteiger partial charge < -0.3 is 10.3 Å². The van der Waals surface area contributed by atoms with Crippen LogP contribution in [-0.2, 0) is 6.54 Å². The van der Waals surface area contributed by atoms with E-state index in [1.54, 1.807) is 24.3 Å². The number of aromatic amines is 1. The van der Waals surface area contributed by atoms with Crippen molar-refractivity contribution in [2.45, 2.75) is 6.54 Å². The Labute approximate surface area is 120 Å². The Hall–Kier alpha value is -3.13. The third-order valence-electron chi connectivity index (χ3n) is 3.11. The number of para-hydroxylation sites is 1. The predicted octanol–water partition coefficient (Wildman–Crippen LogP) is 2.41. The van der Waals surface area contributed by atoms with E-state index in [4.69, 9.17) is 5.26 Å². The number of nitrogens with zero attached hydrogens (tertiary/aromatic N) is 2. The van der Waals surface area contributed by atoms with Crippen molar-refractivity contribution in [1.29, 1.82) is 5.26 Å². The van der Waals surface area contributed by atoms with E-state index in [2.05, 4.69) is 21.4 Å². The number of benzene rings is 2. The molecule has 0 amide bonds. The Morgan fingerprint density at radius 2 is 2.05 bits per heavy atom. The van der Waals surface area contributed by atoms with Crippen LogP contribution < -0.4 is 10.9 Å². The van der Waals surface area contributed by atoms with Crippen LogP contribution >= 0.6 is 0 Å². The average Bonchev–Trinajstić information content (AvgIpc) is 2.53. The van der Waals surface area contributed by atoms with Crippen LogP contribution in [-0.4, -0.2) is 9.97 Å². The molecule has 0 bridgehead atoms. The predicted molar refractivity (Wildman–Crippen MR) is 80.8 cm³/mol. The van der Waals surface area contributed by atoms with Crippen molar-refractivity contribution in [1.82, 2.24) is 9.97 Å². The first-order valence-corrected chi connectivity index (χ1v) is 6.48. The molecule has 5 heteroatoms. The minimum absolute atomic E-state index is 0.150. The van der Waals surface area contributed by atoms with Gasteiger partial charge in [-0.3, -0.25) is 4.79 Å². The first-order valence-electron chi connectivity index (χ1n) is 6.48. The monoisotopic (exact) mass is 276 g/mol. The SMILES string of the molecule is N#Cc1cccc(NCc2nc3ccccc3c(=O)[nH]2)c1. The quantitative estimate of drug-likeness (QED) is 0.769. The zero-order chi connectivity index (χ0) is 14.7. The van der Waals surface area contributed by atoms with Gasteiger partial charge in [0.25, 0.3) is 5.56 Å². The summed E-state index contributed by atoms with van der Waals surface area (Å²) in [6.07, 6.45) is 0. The summed E-state index contributed by atoms with van der Waals surface area (Å²) in [6.45, 7) is 0.384. The molecule has 0 unspecified atom stereocenters. The molecule has 102 valence electrons. The maximum Gasteiger partial charge on any atom is 0.258 e. The molecule has 3 rings (SSSR count). The average molecular weight is 276 g/mol. The van der Waals surface area contributed by atoms with Crippen molar-refractivity contribution in [2.24, 2.45) is 0 Å². The van der Waals surface area contributed by atoms with Gasteiger partial charge in [-0.15, -0.1) is 0 Å². The molecule has 0 saturated carbocycles. The second-order valence-corrected chi connectivity index (χ2v) is 4.58. The van der Waals surface area contributed by atoms with Crippen molar-refractivity contribution in [3.63, 3.8) is 0 Å². The molecule has 2 aromatic carbocycles. The highest BCUT2D eigenvalue weighted by atomic mass is 16.1. The normalized spacial score (nSPS) is 10.2. The highest BCUT2D eigenvalue weighted by molar-refractivity contribution is 5.77. The number of hydrogen-bond donors (Lipinski definition) is 2. The number of anilines is 1. The molecule has 21 heavy (non-hydrogen) atoms. The Kier molecular flexibility index (Phi) is 3.36. The molecule has 0 radical (unpaired) electrons. The van der Waals surface area contributed by atoms with Gasteiger partial charge in [0.1, 0.15) is 5.82 Å². The summed E-state index contributed by atoms with van der Waals surface area (Å²) in [4.78, 5) is 19.1. The Morgan fingerprint density at radius 3 is 2.90 bits per heavy atom. The number of rotatable bonds is 3.